The first-order chi connectivity index (χ1) is 9.69. The fourth-order valence-electron chi connectivity index (χ4n) is 1.67. The van der Waals surface area contributed by atoms with Gasteiger partial charge in [-0.25, -0.2) is 0 Å². The van der Waals surface area contributed by atoms with Crippen LogP contribution in [-0.4, -0.2) is 40.6 Å². The maximum absolute atomic E-state index is 5.84. The van der Waals surface area contributed by atoms with Gasteiger partial charge in [-0.1, -0.05) is 6.07 Å². The second kappa shape index (κ2) is 9.58. The molecule has 0 amide bonds. The highest BCUT2D eigenvalue weighted by Gasteiger charge is 2.07. The standard InChI is InChI=1S/C15H25NO4/c1-12(16)13-5-6-14(15(11-13)18-3)20-8-4-7-19-10-9-17-2/h5-6,11-12H,4,7-10,16H2,1-3H3/t12-/m1/s1. The van der Waals surface area contributed by atoms with E-state index in [-0.39, 0.29) is 6.04 Å². The SMILES string of the molecule is COCCOCCCOc1ccc([C@@H](C)N)cc1OC. The van der Waals surface area contributed by atoms with Crippen molar-refractivity contribution in [2.75, 3.05) is 40.6 Å². The van der Waals surface area contributed by atoms with E-state index < -0.39 is 0 Å². The lowest BCUT2D eigenvalue weighted by Gasteiger charge is -2.13. The van der Waals surface area contributed by atoms with Gasteiger partial charge in [-0.2, -0.15) is 0 Å². The molecule has 1 atom stereocenters. The Kier molecular flexibility index (Phi) is 8.02. The number of nitrogens with two attached hydrogens (primary N) is 1. The van der Waals surface area contributed by atoms with Crippen molar-refractivity contribution in [3.8, 4) is 11.5 Å². The van der Waals surface area contributed by atoms with Gasteiger partial charge in [0, 0.05) is 26.2 Å². The van der Waals surface area contributed by atoms with Crippen molar-refractivity contribution in [3.05, 3.63) is 23.8 Å². The van der Waals surface area contributed by atoms with E-state index in [0.29, 0.717) is 32.2 Å². The summed E-state index contributed by atoms with van der Waals surface area (Å²) in [5.41, 5.74) is 6.87. The molecular formula is C15H25NO4. The van der Waals surface area contributed by atoms with Gasteiger partial charge in [0.2, 0.25) is 0 Å². The van der Waals surface area contributed by atoms with Crippen molar-refractivity contribution in [2.45, 2.75) is 19.4 Å². The summed E-state index contributed by atoms with van der Waals surface area (Å²) in [7, 11) is 3.28. The Morgan fingerprint density at radius 3 is 2.50 bits per heavy atom. The molecule has 114 valence electrons. The maximum Gasteiger partial charge on any atom is 0.161 e. The molecule has 0 spiro atoms. The van der Waals surface area contributed by atoms with Crippen LogP contribution >= 0.6 is 0 Å². The molecular weight excluding hydrogens is 258 g/mol. The fraction of sp³-hybridized carbons (Fsp3) is 0.600. The first-order valence-electron chi connectivity index (χ1n) is 6.82. The Morgan fingerprint density at radius 1 is 1.05 bits per heavy atom. The molecule has 0 saturated carbocycles. The molecule has 1 rings (SSSR count). The number of rotatable bonds is 10. The number of methoxy groups -OCH3 is 2. The molecule has 2 N–H and O–H groups in total. The summed E-state index contributed by atoms with van der Waals surface area (Å²) in [5.74, 6) is 1.44. The molecule has 0 fully saturated rings. The molecule has 0 aliphatic rings. The summed E-state index contributed by atoms with van der Waals surface area (Å²) in [6, 6.07) is 5.74. The van der Waals surface area contributed by atoms with Crippen molar-refractivity contribution < 1.29 is 18.9 Å². The Labute approximate surface area is 121 Å². The van der Waals surface area contributed by atoms with E-state index in [4.69, 9.17) is 24.7 Å². The number of ether oxygens (including phenoxy) is 4. The van der Waals surface area contributed by atoms with Crippen molar-refractivity contribution in [2.24, 2.45) is 5.73 Å². The monoisotopic (exact) mass is 283 g/mol. The molecule has 1 aromatic rings. The van der Waals surface area contributed by atoms with Gasteiger partial charge in [-0.3, -0.25) is 0 Å². The van der Waals surface area contributed by atoms with Gasteiger partial charge in [0.15, 0.2) is 11.5 Å². The van der Waals surface area contributed by atoms with Gasteiger partial charge in [-0.05, 0) is 24.6 Å². The number of hydrogen-bond donors (Lipinski definition) is 1. The minimum atomic E-state index is -0.0212. The van der Waals surface area contributed by atoms with Crippen molar-refractivity contribution in [1.29, 1.82) is 0 Å². The van der Waals surface area contributed by atoms with Crippen LogP contribution in [0.2, 0.25) is 0 Å². The summed E-state index contributed by atoms with van der Waals surface area (Å²) in [5, 5.41) is 0. The summed E-state index contributed by atoms with van der Waals surface area (Å²) < 4.78 is 21.3. The third-order valence-corrected chi connectivity index (χ3v) is 2.84. The number of hydrogen-bond acceptors (Lipinski definition) is 5. The summed E-state index contributed by atoms with van der Waals surface area (Å²) in [4.78, 5) is 0. The van der Waals surface area contributed by atoms with Gasteiger partial charge in [-0.15, -0.1) is 0 Å². The van der Waals surface area contributed by atoms with E-state index in [0.717, 1.165) is 17.7 Å². The second-order valence-electron chi connectivity index (χ2n) is 4.51. The zero-order valence-electron chi connectivity index (χ0n) is 12.6. The molecule has 0 saturated heterocycles. The van der Waals surface area contributed by atoms with Crippen molar-refractivity contribution >= 4 is 0 Å². The molecule has 0 aliphatic heterocycles. The average Bonchev–Trinajstić information content (AvgIpc) is 2.46. The third-order valence-electron chi connectivity index (χ3n) is 2.84. The van der Waals surface area contributed by atoms with Crippen LogP contribution in [0.1, 0.15) is 24.9 Å². The summed E-state index contributed by atoms with van der Waals surface area (Å²) >= 11 is 0. The summed E-state index contributed by atoms with van der Waals surface area (Å²) in [6.45, 7) is 4.41. The van der Waals surface area contributed by atoms with Gasteiger partial charge in [0.1, 0.15) is 0 Å². The fourth-order valence-corrected chi connectivity index (χ4v) is 1.67. The zero-order valence-corrected chi connectivity index (χ0v) is 12.6. The van der Waals surface area contributed by atoms with Crippen molar-refractivity contribution in [3.63, 3.8) is 0 Å². The maximum atomic E-state index is 5.84. The predicted octanol–water partition coefficient (Wildman–Crippen LogP) is 2.15. The third kappa shape index (κ3) is 5.77. The molecule has 5 nitrogen and oxygen atoms in total. The van der Waals surface area contributed by atoms with Crippen LogP contribution in [0.5, 0.6) is 11.5 Å². The minimum absolute atomic E-state index is 0.0212. The average molecular weight is 283 g/mol. The normalized spacial score (nSPS) is 12.2. The van der Waals surface area contributed by atoms with E-state index in [9.17, 15) is 0 Å². The highest BCUT2D eigenvalue weighted by molar-refractivity contribution is 5.43. The van der Waals surface area contributed by atoms with Crippen LogP contribution in [-0.2, 0) is 9.47 Å². The van der Waals surface area contributed by atoms with Crippen LogP contribution in [0.15, 0.2) is 18.2 Å². The molecule has 20 heavy (non-hydrogen) atoms. The van der Waals surface area contributed by atoms with Gasteiger partial charge >= 0.3 is 0 Å². The van der Waals surface area contributed by atoms with Crippen LogP contribution in [0.3, 0.4) is 0 Å². The predicted molar refractivity (Wildman–Crippen MR) is 78.4 cm³/mol. The van der Waals surface area contributed by atoms with Crippen LogP contribution in [0.25, 0.3) is 0 Å². The lowest BCUT2D eigenvalue weighted by Crippen LogP contribution is -2.08. The molecule has 0 radical (unpaired) electrons. The van der Waals surface area contributed by atoms with Crippen LogP contribution < -0.4 is 15.2 Å². The lowest BCUT2D eigenvalue weighted by molar-refractivity contribution is 0.0643. The molecule has 5 heteroatoms. The van der Waals surface area contributed by atoms with E-state index in [2.05, 4.69) is 0 Å². The molecule has 0 heterocycles. The van der Waals surface area contributed by atoms with E-state index >= 15 is 0 Å². The Morgan fingerprint density at radius 2 is 1.85 bits per heavy atom. The van der Waals surface area contributed by atoms with E-state index in [1.807, 2.05) is 25.1 Å². The van der Waals surface area contributed by atoms with Gasteiger partial charge < -0.3 is 24.7 Å². The van der Waals surface area contributed by atoms with E-state index in [1.165, 1.54) is 0 Å². The van der Waals surface area contributed by atoms with Crippen LogP contribution in [0.4, 0.5) is 0 Å². The molecule has 0 aliphatic carbocycles. The second-order valence-corrected chi connectivity index (χ2v) is 4.51. The molecule has 1 aromatic carbocycles. The number of benzene rings is 1. The molecule has 0 unspecified atom stereocenters. The Balaban J connectivity index is 2.36. The Hall–Kier alpha value is -1.30. The van der Waals surface area contributed by atoms with E-state index in [1.54, 1.807) is 14.2 Å². The highest BCUT2D eigenvalue weighted by Crippen LogP contribution is 2.29. The molecule has 0 bridgehead atoms. The smallest absolute Gasteiger partial charge is 0.161 e. The summed E-state index contributed by atoms with van der Waals surface area (Å²) in [6.07, 6.45) is 0.821. The van der Waals surface area contributed by atoms with Crippen LogP contribution in [0, 0.1) is 0 Å². The van der Waals surface area contributed by atoms with Gasteiger partial charge in [0.25, 0.3) is 0 Å². The van der Waals surface area contributed by atoms with Gasteiger partial charge in [0.05, 0.1) is 26.9 Å². The Bertz CT molecular complexity index is 382. The first kappa shape index (κ1) is 16.8. The minimum Gasteiger partial charge on any atom is -0.493 e. The van der Waals surface area contributed by atoms with Crippen molar-refractivity contribution in [1.82, 2.24) is 0 Å². The first-order valence-corrected chi connectivity index (χ1v) is 6.82. The quantitative estimate of drug-likeness (QED) is 0.667. The topological polar surface area (TPSA) is 62.9 Å². The lowest BCUT2D eigenvalue weighted by atomic mass is 10.1. The molecule has 0 aromatic heterocycles. The zero-order chi connectivity index (χ0) is 14.8. The largest absolute Gasteiger partial charge is 0.493 e. The highest BCUT2D eigenvalue weighted by atomic mass is 16.5.